The summed E-state index contributed by atoms with van der Waals surface area (Å²) in [4.78, 5) is 29.3. The van der Waals surface area contributed by atoms with E-state index in [1.54, 1.807) is 31.2 Å². The van der Waals surface area contributed by atoms with Crippen molar-refractivity contribution in [2.45, 2.75) is 6.92 Å². The molecule has 0 spiro atoms. The number of nitrogens with zero attached hydrogens (tertiary/aromatic N) is 1. The number of nitrogens with one attached hydrogen (secondary N) is 1. The lowest BCUT2D eigenvalue weighted by atomic mass is 10.1. The van der Waals surface area contributed by atoms with Gasteiger partial charge in [0.2, 0.25) is 0 Å². The Morgan fingerprint density at radius 3 is 2.56 bits per heavy atom. The van der Waals surface area contributed by atoms with Gasteiger partial charge in [0.05, 0.1) is 29.1 Å². The molecule has 4 aromatic rings. The van der Waals surface area contributed by atoms with Crippen LogP contribution in [0.5, 0.6) is 5.75 Å². The van der Waals surface area contributed by atoms with Gasteiger partial charge >= 0.3 is 5.97 Å². The monoisotopic (exact) mass is 478 g/mol. The first-order chi connectivity index (χ1) is 16.4. The molecule has 1 aromatic heterocycles. The van der Waals surface area contributed by atoms with E-state index in [1.807, 2.05) is 30.3 Å². The molecule has 0 fully saturated rings. The summed E-state index contributed by atoms with van der Waals surface area (Å²) in [5, 5.41) is 3.22. The minimum absolute atomic E-state index is 0.00726. The number of aromatic nitrogens is 1. The molecule has 1 N–H and O–H groups in total. The molecular weight excluding hydrogens is 459 g/mol. The maximum atomic E-state index is 14.0. The number of anilines is 1. The quantitative estimate of drug-likeness (QED) is 0.335. The van der Waals surface area contributed by atoms with E-state index in [-0.39, 0.29) is 23.9 Å². The smallest absolute Gasteiger partial charge is 0.338 e. The standard InChI is InChI=1S/C26H20ClFN2O4/c1-2-33-26(32)17-8-10-21-19(12-17)24(14-23(29-21)16-6-4-3-5-7-16)34-15-25(31)30-22-11-9-18(27)13-20(22)28/h3-14H,2,15H2,1H3,(H,30,31). The van der Waals surface area contributed by atoms with Crippen molar-refractivity contribution >= 4 is 40.1 Å². The van der Waals surface area contributed by atoms with Crippen molar-refractivity contribution in [1.82, 2.24) is 4.98 Å². The number of hydrogen-bond acceptors (Lipinski definition) is 5. The summed E-state index contributed by atoms with van der Waals surface area (Å²) >= 11 is 5.75. The molecule has 1 amide bonds. The fourth-order valence-electron chi connectivity index (χ4n) is 3.33. The normalized spacial score (nSPS) is 10.7. The zero-order valence-corrected chi connectivity index (χ0v) is 18.9. The van der Waals surface area contributed by atoms with Gasteiger partial charge in [-0.25, -0.2) is 14.2 Å². The Kier molecular flexibility index (Phi) is 7.04. The van der Waals surface area contributed by atoms with Crippen LogP contribution in [0.25, 0.3) is 22.2 Å². The fraction of sp³-hybridized carbons (Fsp3) is 0.115. The molecule has 8 heteroatoms. The molecule has 0 aliphatic carbocycles. The Morgan fingerprint density at radius 2 is 1.82 bits per heavy atom. The number of carbonyl (C=O) groups is 2. The Morgan fingerprint density at radius 1 is 1.03 bits per heavy atom. The van der Waals surface area contributed by atoms with Crippen molar-refractivity contribution < 1.29 is 23.5 Å². The number of hydrogen-bond donors (Lipinski definition) is 1. The lowest BCUT2D eigenvalue weighted by molar-refractivity contribution is -0.118. The Bertz CT molecular complexity index is 1360. The first kappa shape index (κ1) is 23.2. The van der Waals surface area contributed by atoms with Gasteiger partial charge in [0, 0.05) is 22.0 Å². The molecule has 4 rings (SSSR count). The van der Waals surface area contributed by atoms with Gasteiger partial charge in [-0.1, -0.05) is 41.9 Å². The fourth-order valence-corrected chi connectivity index (χ4v) is 3.49. The van der Waals surface area contributed by atoms with E-state index in [1.165, 1.54) is 12.1 Å². The molecule has 172 valence electrons. The van der Waals surface area contributed by atoms with Crippen LogP contribution in [0.3, 0.4) is 0 Å². The van der Waals surface area contributed by atoms with Crippen LogP contribution >= 0.6 is 11.6 Å². The maximum Gasteiger partial charge on any atom is 0.338 e. The average molecular weight is 479 g/mol. The molecule has 0 saturated heterocycles. The van der Waals surface area contributed by atoms with Gasteiger partial charge in [0.15, 0.2) is 6.61 Å². The van der Waals surface area contributed by atoms with Crippen LogP contribution in [0.2, 0.25) is 5.02 Å². The second-order valence-corrected chi connectivity index (χ2v) is 7.72. The number of ether oxygens (including phenoxy) is 2. The summed E-state index contributed by atoms with van der Waals surface area (Å²) in [6.45, 7) is 1.58. The predicted octanol–water partition coefficient (Wildman–Crippen LogP) is 5.89. The zero-order chi connectivity index (χ0) is 24.1. The van der Waals surface area contributed by atoms with E-state index in [0.717, 1.165) is 11.6 Å². The summed E-state index contributed by atoms with van der Waals surface area (Å²) in [5.74, 6) is -1.34. The molecule has 0 aliphatic heterocycles. The molecule has 0 atom stereocenters. The van der Waals surface area contributed by atoms with Crippen LogP contribution in [-0.4, -0.2) is 30.1 Å². The van der Waals surface area contributed by atoms with Crippen molar-refractivity contribution in [3.63, 3.8) is 0 Å². The molecule has 0 aliphatic rings. The van der Waals surface area contributed by atoms with Crippen molar-refractivity contribution in [1.29, 1.82) is 0 Å². The molecule has 34 heavy (non-hydrogen) atoms. The SMILES string of the molecule is CCOC(=O)c1ccc2nc(-c3ccccc3)cc(OCC(=O)Nc3ccc(Cl)cc3F)c2c1. The van der Waals surface area contributed by atoms with Gasteiger partial charge in [-0.2, -0.15) is 0 Å². The molecule has 0 saturated carbocycles. The third kappa shape index (κ3) is 5.32. The number of fused-ring (bicyclic) bond motifs is 1. The number of amides is 1. The number of rotatable bonds is 7. The van der Waals surface area contributed by atoms with Crippen LogP contribution in [0.4, 0.5) is 10.1 Å². The highest BCUT2D eigenvalue weighted by molar-refractivity contribution is 6.30. The van der Waals surface area contributed by atoms with Crippen molar-refractivity contribution in [2.75, 3.05) is 18.5 Å². The van der Waals surface area contributed by atoms with Gasteiger partial charge in [-0.05, 0) is 43.3 Å². The summed E-state index contributed by atoms with van der Waals surface area (Å²) < 4.78 is 24.9. The van der Waals surface area contributed by atoms with E-state index < -0.39 is 17.7 Å². The molecule has 0 bridgehead atoms. The van der Waals surface area contributed by atoms with E-state index in [2.05, 4.69) is 10.3 Å². The highest BCUT2D eigenvalue weighted by Gasteiger charge is 2.15. The van der Waals surface area contributed by atoms with E-state index in [0.29, 0.717) is 27.9 Å². The second kappa shape index (κ2) is 10.3. The minimum Gasteiger partial charge on any atom is -0.483 e. The van der Waals surface area contributed by atoms with Crippen LogP contribution in [0.1, 0.15) is 17.3 Å². The number of benzene rings is 3. The average Bonchev–Trinajstić information content (AvgIpc) is 2.84. The van der Waals surface area contributed by atoms with E-state index in [4.69, 9.17) is 21.1 Å². The third-order valence-corrected chi connectivity index (χ3v) is 5.15. The lowest BCUT2D eigenvalue weighted by Gasteiger charge is -2.13. The summed E-state index contributed by atoms with van der Waals surface area (Å²) in [5.41, 5.74) is 2.40. The van der Waals surface area contributed by atoms with Crippen molar-refractivity contribution in [3.8, 4) is 17.0 Å². The molecule has 6 nitrogen and oxygen atoms in total. The van der Waals surface area contributed by atoms with Crippen LogP contribution < -0.4 is 10.1 Å². The summed E-state index contributed by atoms with van der Waals surface area (Å²) in [6, 6.07) is 20.1. The molecule has 0 unspecified atom stereocenters. The molecule has 1 heterocycles. The molecular formula is C26H20ClFN2O4. The van der Waals surface area contributed by atoms with E-state index >= 15 is 0 Å². The van der Waals surface area contributed by atoms with E-state index in [9.17, 15) is 14.0 Å². The summed E-state index contributed by atoms with van der Waals surface area (Å²) in [6.07, 6.45) is 0. The molecule has 0 radical (unpaired) electrons. The number of halogens is 2. The van der Waals surface area contributed by atoms with Crippen LogP contribution in [0.15, 0.2) is 72.8 Å². The van der Waals surface area contributed by atoms with Gasteiger partial charge in [0.1, 0.15) is 11.6 Å². The van der Waals surface area contributed by atoms with Gasteiger partial charge < -0.3 is 14.8 Å². The number of esters is 1. The zero-order valence-electron chi connectivity index (χ0n) is 18.2. The van der Waals surface area contributed by atoms with Crippen LogP contribution in [0, 0.1) is 5.82 Å². The maximum absolute atomic E-state index is 14.0. The van der Waals surface area contributed by atoms with Gasteiger partial charge in [-0.3, -0.25) is 4.79 Å². The first-order valence-corrected chi connectivity index (χ1v) is 10.9. The Hall–Kier alpha value is -3.97. The van der Waals surface area contributed by atoms with Crippen molar-refractivity contribution in [2.24, 2.45) is 0 Å². The lowest BCUT2D eigenvalue weighted by Crippen LogP contribution is -2.21. The van der Waals surface area contributed by atoms with Crippen LogP contribution in [-0.2, 0) is 9.53 Å². The topological polar surface area (TPSA) is 77.5 Å². The Balaban J connectivity index is 1.65. The highest BCUT2D eigenvalue weighted by Crippen LogP contribution is 2.31. The Labute approximate surface area is 200 Å². The molecule has 3 aromatic carbocycles. The number of pyridine rings is 1. The van der Waals surface area contributed by atoms with Gasteiger partial charge in [-0.15, -0.1) is 0 Å². The van der Waals surface area contributed by atoms with Gasteiger partial charge in [0.25, 0.3) is 5.91 Å². The number of carbonyl (C=O) groups excluding carboxylic acids is 2. The summed E-state index contributed by atoms with van der Waals surface area (Å²) in [7, 11) is 0. The first-order valence-electron chi connectivity index (χ1n) is 10.5. The highest BCUT2D eigenvalue weighted by atomic mass is 35.5. The second-order valence-electron chi connectivity index (χ2n) is 7.29. The minimum atomic E-state index is -0.652. The third-order valence-electron chi connectivity index (χ3n) is 4.92. The largest absolute Gasteiger partial charge is 0.483 e. The predicted molar refractivity (Wildman–Crippen MR) is 129 cm³/mol. The van der Waals surface area contributed by atoms with Crippen molar-refractivity contribution in [3.05, 3.63) is 89.2 Å².